The van der Waals surface area contributed by atoms with E-state index in [1.807, 2.05) is 11.0 Å². The van der Waals surface area contributed by atoms with Crippen molar-refractivity contribution in [3.8, 4) is 0 Å². The molecule has 3 heterocycles. The summed E-state index contributed by atoms with van der Waals surface area (Å²) in [7, 11) is 0. The molecule has 1 atom stereocenters. The number of nitrogens with zero attached hydrogens (tertiary/aromatic N) is 2. The number of hydrogen-bond donors (Lipinski definition) is 1. The second kappa shape index (κ2) is 5.43. The molecule has 4 rings (SSSR count). The lowest BCUT2D eigenvalue weighted by molar-refractivity contribution is 0.0780. The summed E-state index contributed by atoms with van der Waals surface area (Å²) in [6.07, 6.45) is 3.78. The van der Waals surface area contributed by atoms with Crippen LogP contribution in [0.1, 0.15) is 40.7 Å². The Morgan fingerprint density at radius 1 is 1.10 bits per heavy atom. The predicted octanol–water partition coefficient (Wildman–Crippen LogP) is 1.60. The highest BCUT2D eigenvalue weighted by molar-refractivity contribution is 5.94. The van der Waals surface area contributed by atoms with Crippen LogP contribution in [0, 0.1) is 0 Å². The van der Waals surface area contributed by atoms with Gasteiger partial charge in [0.2, 0.25) is 0 Å². The van der Waals surface area contributed by atoms with E-state index in [4.69, 9.17) is 0 Å². The van der Waals surface area contributed by atoms with Crippen LogP contribution in [-0.4, -0.2) is 47.9 Å². The molecule has 0 saturated carbocycles. The van der Waals surface area contributed by atoms with Gasteiger partial charge in [0, 0.05) is 37.8 Å². The Morgan fingerprint density at radius 2 is 1.90 bits per heavy atom. The van der Waals surface area contributed by atoms with Gasteiger partial charge >= 0.3 is 0 Å². The van der Waals surface area contributed by atoms with Crippen molar-refractivity contribution in [1.29, 1.82) is 0 Å². The molecule has 2 saturated heterocycles. The fourth-order valence-electron chi connectivity index (χ4n) is 3.94. The van der Waals surface area contributed by atoms with E-state index in [0.29, 0.717) is 6.04 Å². The minimum atomic E-state index is 0.214. The Bertz CT molecular complexity index is 551. The van der Waals surface area contributed by atoms with Crippen molar-refractivity contribution < 1.29 is 4.79 Å². The molecule has 3 aliphatic heterocycles. The van der Waals surface area contributed by atoms with Crippen LogP contribution in [0.5, 0.6) is 0 Å². The highest BCUT2D eigenvalue weighted by Gasteiger charge is 2.32. The zero-order valence-electron chi connectivity index (χ0n) is 12.5. The molecule has 0 aromatic heterocycles. The fraction of sp³-hybridized carbons (Fsp3) is 0.588. The van der Waals surface area contributed by atoms with Gasteiger partial charge in [0.05, 0.1) is 0 Å². The molecule has 1 amide bonds. The van der Waals surface area contributed by atoms with Crippen LogP contribution < -0.4 is 5.32 Å². The van der Waals surface area contributed by atoms with Gasteiger partial charge in [-0.25, -0.2) is 0 Å². The van der Waals surface area contributed by atoms with Gasteiger partial charge in [-0.2, -0.15) is 0 Å². The van der Waals surface area contributed by atoms with Crippen molar-refractivity contribution in [2.45, 2.75) is 38.4 Å². The fourth-order valence-corrected chi connectivity index (χ4v) is 3.94. The first-order chi connectivity index (χ1) is 10.3. The molecule has 0 bridgehead atoms. The average Bonchev–Trinajstić information content (AvgIpc) is 3.24. The quantitative estimate of drug-likeness (QED) is 0.896. The number of carbonyl (C=O) groups excluding carboxylic acids is 1. The van der Waals surface area contributed by atoms with Gasteiger partial charge < -0.3 is 10.2 Å². The minimum Gasteiger partial charge on any atom is -0.337 e. The Kier molecular flexibility index (Phi) is 3.43. The van der Waals surface area contributed by atoms with E-state index >= 15 is 0 Å². The summed E-state index contributed by atoms with van der Waals surface area (Å²) in [4.78, 5) is 17.3. The van der Waals surface area contributed by atoms with Gasteiger partial charge in [-0.1, -0.05) is 6.07 Å². The van der Waals surface area contributed by atoms with Gasteiger partial charge in [-0.15, -0.1) is 0 Å². The summed E-state index contributed by atoms with van der Waals surface area (Å²) in [6.45, 7) is 6.09. The highest BCUT2D eigenvalue weighted by Crippen LogP contribution is 2.23. The first kappa shape index (κ1) is 13.3. The second-order valence-electron chi connectivity index (χ2n) is 6.52. The van der Waals surface area contributed by atoms with Crippen LogP contribution >= 0.6 is 0 Å². The van der Waals surface area contributed by atoms with E-state index < -0.39 is 0 Å². The zero-order chi connectivity index (χ0) is 14.2. The van der Waals surface area contributed by atoms with Crippen LogP contribution in [0.15, 0.2) is 18.2 Å². The largest absolute Gasteiger partial charge is 0.337 e. The van der Waals surface area contributed by atoms with Gasteiger partial charge in [-0.05, 0) is 55.6 Å². The lowest BCUT2D eigenvalue weighted by Crippen LogP contribution is -2.37. The number of hydrogen-bond acceptors (Lipinski definition) is 3. The highest BCUT2D eigenvalue weighted by atomic mass is 16.2. The summed E-state index contributed by atoms with van der Waals surface area (Å²) in [5.74, 6) is 0.214. The summed E-state index contributed by atoms with van der Waals surface area (Å²) in [5.41, 5.74) is 3.48. The van der Waals surface area contributed by atoms with Crippen LogP contribution in [-0.2, 0) is 13.1 Å². The topological polar surface area (TPSA) is 35.6 Å². The van der Waals surface area contributed by atoms with Crippen LogP contribution in [0.3, 0.4) is 0 Å². The second-order valence-corrected chi connectivity index (χ2v) is 6.52. The lowest BCUT2D eigenvalue weighted by Gasteiger charge is -2.23. The predicted molar refractivity (Wildman–Crippen MR) is 82.1 cm³/mol. The summed E-state index contributed by atoms with van der Waals surface area (Å²) < 4.78 is 0. The lowest BCUT2D eigenvalue weighted by atomic mass is 10.1. The third kappa shape index (κ3) is 2.47. The minimum absolute atomic E-state index is 0.214. The molecule has 112 valence electrons. The third-order valence-corrected chi connectivity index (χ3v) is 5.19. The molecule has 1 unspecified atom stereocenters. The summed E-state index contributed by atoms with van der Waals surface area (Å²) in [6, 6.07) is 6.78. The average molecular weight is 285 g/mol. The number of benzene rings is 1. The maximum atomic E-state index is 12.7. The van der Waals surface area contributed by atoms with E-state index in [1.165, 1.54) is 37.1 Å². The summed E-state index contributed by atoms with van der Waals surface area (Å²) >= 11 is 0. The number of carbonyl (C=O) groups is 1. The number of fused-ring (bicyclic) bond motifs is 1. The van der Waals surface area contributed by atoms with E-state index in [0.717, 1.165) is 38.2 Å². The monoisotopic (exact) mass is 285 g/mol. The molecule has 0 aliphatic carbocycles. The maximum absolute atomic E-state index is 12.7. The number of likely N-dealkylation sites (tertiary alicyclic amines) is 2. The Morgan fingerprint density at radius 3 is 2.76 bits per heavy atom. The van der Waals surface area contributed by atoms with Crippen LogP contribution in [0.25, 0.3) is 0 Å². The van der Waals surface area contributed by atoms with Crippen molar-refractivity contribution in [2.24, 2.45) is 0 Å². The van der Waals surface area contributed by atoms with Gasteiger partial charge in [0.15, 0.2) is 0 Å². The molecule has 0 radical (unpaired) electrons. The van der Waals surface area contributed by atoms with Crippen LogP contribution in [0.2, 0.25) is 0 Å². The molecule has 4 nitrogen and oxygen atoms in total. The first-order valence-corrected chi connectivity index (χ1v) is 8.17. The van der Waals surface area contributed by atoms with Gasteiger partial charge in [-0.3, -0.25) is 9.69 Å². The molecule has 1 aromatic rings. The van der Waals surface area contributed by atoms with E-state index in [-0.39, 0.29) is 5.91 Å². The zero-order valence-corrected chi connectivity index (χ0v) is 12.5. The molecule has 1 N–H and O–H groups in total. The molecule has 2 fully saturated rings. The first-order valence-electron chi connectivity index (χ1n) is 8.17. The molecular weight excluding hydrogens is 262 g/mol. The SMILES string of the molecule is O=C(c1ccc2c(c1)CNC2)N1CCC(N2CCCC2)C1. The molecule has 1 aromatic carbocycles. The van der Waals surface area contributed by atoms with Crippen molar-refractivity contribution >= 4 is 5.91 Å². The van der Waals surface area contributed by atoms with Crippen molar-refractivity contribution in [1.82, 2.24) is 15.1 Å². The maximum Gasteiger partial charge on any atom is 0.253 e. The van der Waals surface area contributed by atoms with Crippen LogP contribution in [0.4, 0.5) is 0 Å². The van der Waals surface area contributed by atoms with E-state index in [1.54, 1.807) is 0 Å². The molecule has 4 heteroatoms. The van der Waals surface area contributed by atoms with Gasteiger partial charge in [0.25, 0.3) is 5.91 Å². The molecule has 21 heavy (non-hydrogen) atoms. The molecule has 0 spiro atoms. The molecular formula is C17H23N3O. The Labute approximate surface area is 126 Å². The Balaban J connectivity index is 1.45. The van der Waals surface area contributed by atoms with E-state index in [2.05, 4.69) is 22.3 Å². The van der Waals surface area contributed by atoms with Gasteiger partial charge in [0.1, 0.15) is 0 Å². The summed E-state index contributed by atoms with van der Waals surface area (Å²) in [5, 5.41) is 3.34. The van der Waals surface area contributed by atoms with Crippen molar-refractivity contribution in [2.75, 3.05) is 26.2 Å². The number of nitrogens with one attached hydrogen (secondary N) is 1. The van der Waals surface area contributed by atoms with Crippen molar-refractivity contribution in [3.63, 3.8) is 0 Å². The third-order valence-electron chi connectivity index (χ3n) is 5.19. The molecule has 3 aliphatic rings. The number of amides is 1. The van der Waals surface area contributed by atoms with E-state index in [9.17, 15) is 4.79 Å². The van der Waals surface area contributed by atoms with Crippen molar-refractivity contribution in [3.05, 3.63) is 34.9 Å². The normalized spacial score (nSPS) is 25.5. The Hall–Kier alpha value is -1.39. The number of rotatable bonds is 2. The standard InChI is InChI=1S/C17H23N3O/c21-17(13-3-4-14-10-18-11-15(14)9-13)20-8-5-16(12-20)19-6-1-2-7-19/h3-4,9,16,18H,1-2,5-8,10-12H2. The smallest absolute Gasteiger partial charge is 0.253 e.